The molecule has 0 spiro atoms. The molecule has 0 unspecified atom stereocenters. The van der Waals surface area contributed by atoms with Gasteiger partial charge in [0.15, 0.2) is 17.2 Å². The predicted molar refractivity (Wildman–Crippen MR) is 75.9 cm³/mol. The van der Waals surface area contributed by atoms with Crippen LogP contribution in [0.5, 0.6) is 17.2 Å². The normalized spacial score (nSPS) is 10.3. The van der Waals surface area contributed by atoms with E-state index in [2.05, 4.69) is 0 Å². The number of pyridine rings is 1. The Kier molecular flexibility index (Phi) is 4.47. The van der Waals surface area contributed by atoms with Gasteiger partial charge < -0.3 is 18.8 Å². The fourth-order valence-electron chi connectivity index (χ4n) is 2.00. The summed E-state index contributed by atoms with van der Waals surface area (Å²) >= 11 is 0. The van der Waals surface area contributed by atoms with Crippen LogP contribution in [-0.4, -0.2) is 25.9 Å². The number of hydrogen-bond acceptors (Lipinski definition) is 4. The maximum absolute atomic E-state index is 14.1. The molecule has 0 amide bonds. The molecule has 0 aliphatic rings. The lowest BCUT2D eigenvalue weighted by Gasteiger charge is -2.12. The molecule has 1 aromatic carbocycles. The number of methoxy groups -OCH3 is 3. The predicted octanol–water partition coefficient (Wildman–Crippen LogP) is 2.06. The average molecular weight is 293 g/mol. The summed E-state index contributed by atoms with van der Waals surface area (Å²) in [5, 5.41) is 0. The second kappa shape index (κ2) is 6.30. The Labute approximate surface area is 121 Å². The van der Waals surface area contributed by atoms with Crippen LogP contribution in [0.1, 0.15) is 5.56 Å². The topological polar surface area (TPSA) is 49.7 Å². The van der Waals surface area contributed by atoms with Gasteiger partial charge in [-0.15, -0.1) is 0 Å². The molecule has 1 heterocycles. The molecule has 0 saturated heterocycles. The summed E-state index contributed by atoms with van der Waals surface area (Å²) in [5.41, 5.74) is -0.00260. The van der Waals surface area contributed by atoms with Crippen molar-refractivity contribution >= 4 is 0 Å². The van der Waals surface area contributed by atoms with E-state index >= 15 is 0 Å². The van der Waals surface area contributed by atoms with E-state index < -0.39 is 5.82 Å². The van der Waals surface area contributed by atoms with E-state index in [9.17, 15) is 9.18 Å². The third-order valence-electron chi connectivity index (χ3n) is 3.10. The molecule has 0 aliphatic carbocycles. The Hall–Kier alpha value is -2.50. The van der Waals surface area contributed by atoms with Crippen molar-refractivity contribution < 1.29 is 18.6 Å². The molecule has 21 heavy (non-hydrogen) atoms. The van der Waals surface area contributed by atoms with Crippen molar-refractivity contribution in [3.05, 3.63) is 52.2 Å². The highest BCUT2D eigenvalue weighted by atomic mass is 19.1. The van der Waals surface area contributed by atoms with Gasteiger partial charge >= 0.3 is 0 Å². The zero-order valence-electron chi connectivity index (χ0n) is 12.1. The van der Waals surface area contributed by atoms with Crippen LogP contribution in [0.25, 0.3) is 0 Å². The lowest BCUT2D eigenvalue weighted by atomic mass is 10.1. The molecule has 112 valence electrons. The van der Waals surface area contributed by atoms with Gasteiger partial charge in [-0.1, -0.05) is 0 Å². The number of aromatic nitrogens is 1. The molecule has 0 radical (unpaired) electrons. The van der Waals surface area contributed by atoms with Crippen LogP contribution in [0, 0.1) is 5.82 Å². The van der Waals surface area contributed by atoms with Crippen LogP contribution in [0.4, 0.5) is 4.39 Å². The van der Waals surface area contributed by atoms with Crippen molar-refractivity contribution in [1.82, 2.24) is 4.57 Å². The fraction of sp³-hybridized carbons (Fsp3) is 0.267. The molecule has 2 rings (SSSR count). The van der Waals surface area contributed by atoms with Gasteiger partial charge in [-0.2, -0.15) is 0 Å². The Morgan fingerprint density at radius 2 is 1.67 bits per heavy atom. The summed E-state index contributed by atoms with van der Waals surface area (Å²) in [4.78, 5) is 12.1. The van der Waals surface area contributed by atoms with Gasteiger partial charge in [-0.25, -0.2) is 4.39 Å². The Morgan fingerprint density at radius 1 is 1.05 bits per heavy atom. The molecule has 0 fully saturated rings. The first-order valence-electron chi connectivity index (χ1n) is 6.24. The van der Waals surface area contributed by atoms with Crippen molar-refractivity contribution in [3.8, 4) is 17.2 Å². The molecule has 0 N–H and O–H groups in total. The maximum Gasteiger partial charge on any atom is 0.293 e. The monoisotopic (exact) mass is 293 g/mol. The highest BCUT2D eigenvalue weighted by Crippen LogP contribution is 2.30. The zero-order valence-corrected chi connectivity index (χ0v) is 12.1. The van der Waals surface area contributed by atoms with Gasteiger partial charge in [-0.3, -0.25) is 4.79 Å². The summed E-state index contributed by atoms with van der Waals surface area (Å²) in [6.07, 6.45) is 1.57. The molecule has 0 bridgehead atoms. The molecule has 2 aromatic rings. The van der Waals surface area contributed by atoms with Gasteiger partial charge in [0, 0.05) is 17.8 Å². The molecule has 0 aliphatic heterocycles. The zero-order chi connectivity index (χ0) is 15.4. The number of nitrogens with zero attached hydrogens (tertiary/aromatic N) is 1. The second-order valence-electron chi connectivity index (χ2n) is 4.31. The quantitative estimate of drug-likeness (QED) is 0.846. The summed E-state index contributed by atoms with van der Waals surface area (Å²) in [6.45, 7) is 0.0716. The third-order valence-corrected chi connectivity index (χ3v) is 3.10. The van der Waals surface area contributed by atoms with Gasteiger partial charge in [-0.05, 0) is 18.2 Å². The van der Waals surface area contributed by atoms with Gasteiger partial charge in [0.25, 0.3) is 5.56 Å². The summed E-state index contributed by atoms with van der Waals surface area (Å²) in [7, 11) is 4.32. The van der Waals surface area contributed by atoms with E-state index in [0.717, 1.165) is 0 Å². The van der Waals surface area contributed by atoms with Gasteiger partial charge in [0.1, 0.15) is 5.82 Å². The maximum atomic E-state index is 14.1. The van der Waals surface area contributed by atoms with E-state index in [0.29, 0.717) is 17.1 Å². The molecule has 5 nitrogen and oxygen atoms in total. The van der Waals surface area contributed by atoms with E-state index in [4.69, 9.17) is 14.2 Å². The molecule has 0 atom stereocenters. The minimum Gasteiger partial charge on any atom is -0.493 e. The first kappa shape index (κ1) is 14.9. The molecule has 1 aromatic heterocycles. The minimum atomic E-state index is -0.470. The number of benzene rings is 1. The van der Waals surface area contributed by atoms with Crippen LogP contribution >= 0.6 is 0 Å². The van der Waals surface area contributed by atoms with E-state index in [1.165, 1.54) is 38.0 Å². The molecule has 6 heteroatoms. The van der Waals surface area contributed by atoms with Crippen LogP contribution in [0.15, 0.2) is 35.3 Å². The molecular formula is C15H16FNO4. The lowest BCUT2D eigenvalue weighted by molar-refractivity contribution is 0.351. The van der Waals surface area contributed by atoms with Crippen molar-refractivity contribution in [3.63, 3.8) is 0 Å². The van der Waals surface area contributed by atoms with Crippen LogP contribution in [0.2, 0.25) is 0 Å². The van der Waals surface area contributed by atoms with Crippen LogP contribution in [-0.2, 0) is 6.54 Å². The highest BCUT2D eigenvalue weighted by molar-refractivity contribution is 5.43. The minimum absolute atomic E-state index is 0.0716. The SMILES string of the molecule is COc1cc(F)c(Cn2cccc(OC)c2=O)cc1OC. The number of halogens is 1. The van der Waals surface area contributed by atoms with Crippen LogP contribution in [0.3, 0.4) is 0 Å². The summed E-state index contributed by atoms with van der Waals surface area (Å²) in [6, 6.07) is 5.97. The first-order chi connectivity index (χ1) is 10.1. The average Bonchev–Trinajstić information content (AvgIpc) is 2.50. The number of rotatable bonds is 5. The van der Waals surface area contributed by atoms with Crippen molar-refractivity contribution in [1.29, 1.82) is 0 Å². The number of ether oxygens (including phenoxy) is 3. The smallest absolute Gasteiger partial charge is 0.293 e. The van der Waals surface area contributed by atoms with Gasteiger partial charge in [0.2, 0.25) is 0 Å². The molecular weight excluding hydrogens is 277 g/mol. The Morgan fingerprint density at radius 3 is 2.29 bits per heavy atom. The lowest BCUT2D eigenvalue weighted by Crippen LogP contribution is -2.21. The van der Waals surface area contributed by atoms with Crippen LogP contribution < -0.4 is 19.8 Å². The molecule has 0 saturated carbocycles. The van der Waals surface area contributed by atoms with E-state index in [1.807, 2.05) is 0 Å². The van der Waals surface area contributed by atoms with Gasteiger partial charge in [0.05, 0.1) is 27.9 Å². The van der Waals surface area contributed by atoms with Crippen molar-refractivity contribution in [2.24, 2.45) is 0 Å². The summed E-state index contributed by atoms with van der Waals surface area (Å²) < 4.78 is 30.6. The third kappa shape index (κ3) is 2.99. The fourth-order valence-corrected chi connectivity index (χ4v) is 2.00. The standard InChI is InChI=1S/C15H16FNO4/c1-19-12-5-4-6-17(15(12)18)9-10-7-13(20-2)14(21-3)8-11(10)16/h4-8H,9H2,1-3H3. The number of hydrogen-bond donors (Lipinski definition) is 0. The van der Waals surface area contributed by atoms with Crippen molar-refractivity contribution in [2.75, 3.05) is 21.3 Å². The first-order valence-corrected chi connectivity index (χ1v) is 6.24. The largest absolute Gasteiger partial charge is 0.493 e. The summed E-state index contributed by atoms with van der Waals surface area (Å²) in [5.74, 6) is 0.447. The van der Waals surface area contributed by atoms with E-state index in [-0.39, 0.29) is 17.9 Å². The Balaban J connectivity index is 2.42. The van der Waals surface area contributed by atoms with Crippen molar-refractivity contribution in [2.45, 2.75) is 6.54 Å². The Bertz CT molecular complexity index is 697. The second-order valence-corrected chi connectivity index (χ2v) is 4.31. The van der Waals surface area contributed by atoms with E-state index in [1.54, 1.807) is 18.3 Å². The highest BCUT2D eigenvalue weighted by Gasteiger charge is 2.12.